The molecule has 0 aliphatic carbocycles. The molecule has 1 aliphatic heterocycles. The van der Waals surface area contributed by atoms with Crippen molar-refractivity contribution in [3.05, 3.63) is 35.9 Å². The number of nitrogens with one attached hydrogen (secondary N) is 1. The first-order chi connectivity index (χ1) is 13.2. The van der Waals surface area contributed by atoms with Gasteiger partial charge in [-0.05, 0) is 17.9 Å². The molecule has 2 unspecified atom stereocenters. The molecule has 1 heterocycles. The van der Waals surface area contributed by atoms with Gasteiger partial charge in [0, 0.05) is 39.7 Å². The smallest absolute Gasteiger partial charge is 0.193 e. The molecule has 2 atom stereocenters. The number of nitrogens with zero attached hydrogens (tertiary/aromatic N) is 2. The van der Waals surface area contributed by atoms with E-state index in [9.17, 15) is 0 Å². The van der Waals surface area contributed by atoms with E-state index in [1.807, 2.05) is 25.2 Å². The Kier molecular flexibility index (Phi) is 10.2. The van der Waals surface area contributed by atoms with E-state index in [0.717, 1.165) is 45.2 Å². The highest BCUT2D eigenvalue weighted by Crippen LogP contribution is 2.16. The van der Waals surface area contributed by atoms with Crippen LogP contribution in [0.25, 0.3) is 0 Å². The second kappa shape index (κ2) is 12.7. The summed E-state index contributed by atoms with van der Waals surface area (Å²) in [6, 6.07) is 10.3. The van der Waals surface area contributed by atoms with Gasteiger partial charge < -0.3 is 24.4 Å². The monoisotopic (exact) mass is 377 g/mol. The maximum Gasteiger partial charge on any atom is 0.193 e. The molecule has 0 bridgehead atoms. The van der Waals surface area contributed by atoms with Crippen LogP contribution in [-0.2, 0) is 20.8 Å². The standard InChI is InChI=1S/C21H35N3O3/c1-18(15-27-16-19-7-5-4-6-8-19)13-23-21(22-2)24-10-9-20(14-24)17-26-12-11-25-3/h4-8,18,20H,9-17H2,1-3H3,(H,22,23). The Morgan fingerprint density at radius 3 is 2.81 bits per heavy atom. The second-order valence-corrected chi connectivity index (χ2v) is 7.20. The fourth-order valence-electron chi connectivity index (χ4n) is 3.16. The normalized spacial score (nSPS) is 18.7. The molecule has 1 N–H and O–H groups in total. The maximum absolute atomic E-state index is 5.83. The Bertz CT molecular complexity index is 539. The van der Waals surface area contributed by atoms with E-state index in [4.69, 9.17) is 14.2 Å². The minimum Gasteiger partial charge on any atom is -0.382 e. The van der Waals surface area contributed by atoms with E-state index in [1.54, 1.807) is 7.11 Å². The van der Waals surface area contributed by atoms with Crippen LogP contribution in [0.1, 0.15) is 18.9 Å². The zero-order chi connectivity index (χ0) is 19.3. The molecule has 0 aromatic heterocycles. The number of likely N-dealkylation sites (tertiary alicyclic amines) is 1. The Hall–Kier alpha value is -1.63. The molecule has 1 aliphatic rings. The van der Waals surface area contributed by atoms with Crippen LogP contribution < -0.4 is 5.32 Å². The third-order valence-corrected chi connectivity index (χ3v) is 4.71. The van der Waals surface area contributed by atoms with Gasteiger partial charge in [0.05, 0.1) is 33.0 Å². The van der Waals surface area contributed by atoms with Crippen LogP contribution in [0.2, 0.25) is 0 Å². The summed E-state index contributed by atoms with van der Waals surface area (Å²) in [6.45, 7) is 8.58. The van der Waals surface area contributed by atoms with Crippen molar-refractivity contribution in [3.8, 4) is 0 Å². The predicted molar refractivity (Wildman–Crippen MR) is 109 cm³/mol. The number of hydrogen-bond donors (Lipinski definition) is 1. The summed E-state index contributed by atoms with van der Waals surface area (Å²) in [6.07, 6.45) is 1.14. The van der Waals surface area contributed by atoms with Crippen LogP contribution in [0.15, 0.2) is 35.3 Å². The molecule has 1 fully saturated rings. The molecule has 6 heteroatoms. The van der Waals surface area contributed by atoms with Crippen molar-refractivity contribution >= 4 is 5.96 Å². The number of rotatable bonds is 11. The zero-order valence-corrected chi connectivity index (χ0v) is 17.0. The Labute approximate surface area is 163 Å². The van der Waals surface area contributed by atoms with E-state index >= 15 is 0 Å². The summed E-state index contributed by atoms with van der Waals surface area (Å²) in [7, 11) is 3.55. The van der Waals surface area contributed by atoms with Crippen molar-refractivity contribution in [1.29, 1.82) is 0 Å². The van der Waals surface area contributed by atoms with E-state index in [1.165, 1.54) is 5.56 Å². The number of ether oxygens (including phenoxy) is 3. The van der Waals surface area contributed by atoms with E-state index in [2.05, 4.69) is 34.3 Å². The lowest BCUT2D eigenvalue weighted by atomic mass is 10.1. The molecular formula is C21H35N3O3. The minimum atomic E-state index is 0.418. The fraction of sp³-hybridized carbons (Fsp3) is 0.667. The highest BCUT2D eigenvalue weighted by molar-refractivity contribution is 5.80. The second-order valence-electron chi connectivity index (χ2n) is 7.20. The first-order valence-corrected chi connectivity index (χ1v) is 9.86. The van der Waals surface area contributed by atoms with Gasteiger partial charge in [0.25, 0.3) is 0 Å². The van der Waals surface area contributed by atoms with Crippen LogP contribution >= 0.6 is 0 Å². The summed E-state index contributed by atoms with van der Waals surface area (Å²) in [4.78, 5) is 6.77. The van der Waals surface area contributed by atoms with Crippen molar-refractivity contribution < 1.29 is 14.2 Å². The van der Waals surface area contributed by atoms with Gasteiger partial charge in [0.2, 0.25) is 0 Å². The molecule has 1 saturated heterocycles. The largest absolute Gasteiger partial charge is 0.382 e. The van der Waals surface area contributed by atoms with Crippen LogP contribution in [0.4, 0.5) is 0 Å². The molecular weight excluding hydrogens is 342 g/mol. The lowest BCUT2D eigenvalue weighted by Gasteiger charge is -2.23. The molecule has 6 nitrogen and oxygen atoms in total. The predicted octanol–water partition coefficient (Wildman–Crippen LogP) is 2.40. The van der Waals surface area contributed by atoms with Gasteiger partial charge in [-0.3, -0.25) is 4.99 Å². The summed E-state index contributed by atoms with van der Waals surface area (Å²) < 4.78 is 16.5. The topological polar surface area (TPSA) is 55.3 Å². The highest BCUT2D eigenvalue weighted by Gasteiger charge is 2.25. The average molecular weight is 378 g/mol. The molecule has 2 rings (SSSR count). The van der Waals surface area contributed by atoms with Crippen molar-refractivity contribution in [2.75, 3.05) is 60.2 Å². The van der Waals surface area contributed by atoms with Gasteiger partial charge in [0.1, 0.15) is 0 Å². The maximum atomic E-state index is 5.83. The lowest BCUT2D eigenvalue weighted by Crippen LogP contribution is -2.42. The number of guanidine groups is 1. The van der Waals surface area contributed by atoms with Crippen molar-refractivity contribution in [2.45, 2.75) is 20.0 Å². The zero-order valence-electron chi connectivity index (χ0n) is 17.0. The Morgan fingerprint density at radius 1 is 1.26 bits per heavy atom. The Morgan fingerprint density at radius 2 is 2.07 bits per heavy atom. The fourth-order valence-corrected chi connectivity index (χ4v) is 3.16. The van der Waals surface area contributed by atoms with Crippen LogP contribution in [0.5, 0.6) is 0 Å². The van der Waals surface area contributed by atoms with Gasteiger partial charge in [0.15, 0.2) is 5.96 Å². The van der Waals surface area contributed by atoms with Gasteiger partial charge in [-0.1, -0.05) is 37.3 Å². The van der Waals surface area contributed by atoms with Crippen molar-refractivity contribution in [2.24, 2.45) is 16.8 Å². The highest BCUT2D eigenvalue weighted by atomic mass is 16.5. The van der Waals surface area contributed by atoms with E-state index in [0.29, 0.717) is 31.7 Å². The molecule has 1 aromatic carbocycles. The summed E-state index contributed by atoms with van der Waals surface area (Å²) in [5, 5.41) is 3.49. The molecule has 0 radical (unpaired) electrons. The van der Waals surface area contributed by atoms with E-state index in [-0.39, 0.29) is 0 Å². The van der Waals surface area contributed by atoms with Gasteiger partial charge in [-0.2, -0.15) is 0 Å². The molecule has 0 amide bonds. The van der Waals surface area contributed by atoms with Crippen molar-refractivity contribution in [3.63, 3.8) is 0 Å². The molecule has 0 spiro atoms. The Balaban J connectivity index is 1.62. The van der Waals surface area contributed by atoms with Gasteiger partial charge in [-0.25, -0.2) is 0 Å². The third-order valence-electron chi connectivity index (χ3n) is 4.71. The average Bonchev–Trinajstić information content (AvgIpc) is 3.15. The quantitative estimate of drug-likeness (QED) is 0.365. The molecule has 0 saturated carbocycles. The number of aliphatic imine (C=N–C) groups is 1. The number of hydrogen-bond acceptors (Lipinski definition) is 4. The van der Waals surface area contributed by atoms with Crippen LogP contribution in [0.3, 0.4) is 0 Å². The summed E-state index contributed by atoms with van der Waals surface area (Å²) in [5.41, 5.74) is 1.21. The first kappa shape index (κ1) is 21.7. The first-order valence-electron chi connectivity index (χ1n) is 9.86. The van der Waals surface area contributed by atoms with Crippen molar-refractivity contribution in [1.82, 2.24) is 10.2 Å². The van der Waals surface area contributed by atoms with Crippen LogP contribution in [-0.4, -0.2) is 71.1 Å². The minimum absolute atomic E-state index is 0.418. The van der Waals surface area contributed by atoms with Crippen LogP contribution in [0, 0.1) is 11.8 Å². The summed E-state index contributed by atoms with van der Waals surface area (Å²) >= 11 is 0. The van der Waals surface area contributed by atoms with Gasteiger partial charge >= 0.3 is 0 Å². The van der Waals surface area contributed by atoms with Gasteiger partial charge in [-0.15, -0.1) is 0 Å². The number of methoxy groups -OCH3 is 1. The molecule has 152 valence electrons. The summed E-state index contributed by atoms with van der Waals surface area (Å²) in [5.74, 6) is 1.96. The molecule has 27 heavy (non-hydrogen) atoms. The lowest BCUT2D eigenvalue weighted by molar-refractivity contribution is 0.0536. The number of benzene rings is 1. The third kappa shape index (κ3) is 8.28. The molecule has 1 aromatic rings. The van der Waals surface area contributed by atoms with E-state index < -0.39 is 0 Å². The SMILES string of the molecule is CN=C(NCC(C)COCc1ccccc1)N1CCC(COCCOC)C1.